The van der Waals surface area contributed by atoms with E-state index in [1.54, 1.807) is 7.11 Å². The molecular weight excluding hydrogens is 522 g/mol. The number of rotatable bonds is 11. The number of fused-ring (bicyclic) bond motifs is 1. The Balaban J connectivity index is 1.37. The smallest absolute Gasteiger partial charge is 0.237 e. The zero-order valence-electron chi connectivity index (χ0n) is 24.0. The maximum atomic E-state index is 13.5. The van der Waals surface area contributed by atoms with Crippen molar-refractivity contribution in [2.45, 2.75) is 50.7 Å². The average molecular weight is 560 g/mol. The number of aryl methyl sites for hydroxylation is 2. The van der Waals surface area contributed by atoms with Crippen molar-refractivity contribution >= 4 is 16.7 Å². The molecule has 0 aliphatic carbocycles. The Labute approximate surface area is 246 Å². The number of nitrogens with zero attached hydrogens (tertiary/aromatic N) is 3. The molecule has 2 atom stereocenters. The molecule has 2 heterocycles. The Morgan fingerprint density at radius 2 is 1.71 bits per heavy atom. The Hall–Kier alpha value is -4.49. The molecule has 7 heteroatoms. The van der Waals surface area contributed by atoms with E-state index in [2.05, 4.69) is 94.1 Å². The van der Waals surface area contributed by atoms with E-state index in [0.717, 1.165) is 55.2 Å². The van der Waals surface area contributed by atoms with Crippen LogP contribution < -0.4 is 15.4 Å². The lowest BCUT2D eigenvalue weighted by Gasteiger charge is -2.23. The van der Waals surface area contributed by atoms with Gasteiger partial charge in [-0.3, -0.25) is 4.79 Å². The number of benzene rings is 4. The van der Waals surface area contributed by atoms with E-state index in [4.69, 9.17) is 14.9 Å². The third-order valence-electron chi connectivity index (χ3n) is 8.14. The van der Waals surface area contributed by atoms with Gasteiger partial charge in [-0.2, -0.15) is 0 Å². The Morgan fingerprint density at radius 3 is 2.50 bits per heavy atom. The molecule has 7 nitrogen and oxygen atoms in total. The first-order chi connectivity index (χ1) is 20.7. The highest BCUT2D eigenvalue weighted by atomic mass is 16.5. The highest BCUT2D eigenvalue weighted by Crippen LogP contribution is 2.26. The largest absolute Gasteiger partial charge is 0.497 e. The van der Waals surface area contributed by atoms with Crippen molar-refractivity contribution in [3.63, 3.8) is 0 Å². The summed E-state index contributed by atoms with van der Waals surface area (Å²) in [6.07, 6.45) is 4.05. The molecule has 4 aromatic carbocycles. The van der Waals surface area contributed by atoms with Gasteiger partial charge in [0.2, 0.25) is 5.91 Å². The number of ether oxygens (including phenoxy) is 1. The van der Waals surface area contributed by atoms with Crippen molar-refractivity contribution in [3.05, 3.63) is 125 Å². The summed E-state index contributed by atoms with van der Waals surface area (Å²) in [4.78, 5) is 13.5. The summed E-state index contributed by atoms with van der Waals surface area (Å²) in [7, 11) is 1.67. The molecule has 1 aromatic heterocycles. The van der Waals surface area contributed by atoms with E-state index in [9.17, 15) is 4.79 Å². The van der Waals surface area contributed by atoms with Gasteiger partial charge < -0.3 is 19.9 Å². The number of hydrogen-bond acceptors (Lipinski definition) is 5. The molecule has 0 spiro atoms. The molecule has 1 fully saturated rings. The summed E-state index contributed by atoms with van der Waals surface area (Å²) in [5.74, 6) is 2.51. The quantitative estimate of drug-likeness (QED) is 0.226. The highest BCUT2D eigenvalue weighted by Gasteiger charge is 2.29. The molecule has 1 amide bonds. The van der Waals surface area contributed by atoms with E-state index < -0.39 is 0 Å². The van der Waals surface area contributed by atoms with Gasteiger partial charge in [-0.1, -0.05) is 84.9 Å². The van der Waals surface area contributed by atoms with E-state index in [0.29, 0.717) is 13.0 Å². The van der Waals surface area contributed by atoms with Gasteiger partial charge in [0.1, 0.15) is 11.6 Å². The van der Waals surface area contributed by atoms with Gasteiger partial charge in [-0.15, -0.1) is 10.2 Å². The van der Waals surface area contributed by atoms with Crippen LogP contribution in [0.3, 0.4) is 0 Å². The molecule has 2 N–H and O–H groups in total. The van der Waals surface area contributed by atoms with Crippen LogP contribution in [0.25, 0.3) is 10.8 Å². The summed E-state index contributed by atoms with van der Waals surface area (Å²) in [6.45, 7) is 1.46. The molecule has 1 saturated heterocycles. The van der Waals surface area contributed by atoms with E-state index in [1.807, 2.05) is 18.2 Å². The van der Waals surface area contributed by atoms with Gasteiger partial charge in [0.05, 0.1) is 25.7 Å². The minimum Gasteiger partial charge on any atom is -0.497 e. The maximum absolute atomic E-state index is 13.5. The van der Waals surface area contributed by atoms with E-state index >= 15 is 0 Å². The van der Waals surface area contributed by atoms with Crippen molar-refractivity contribution in [2.75, 3.05) is 13.7 Å². The van der Waals surface area contributed by atoms with Crippen molar-refractivity contribution in [1.29, 1.82) is 0 Å². The number of carbonyl (C=O) groups is 1. The third-order valence-corrected chi connectivity index (χ3v) is 8.14. The first-order valence-corrected chi connectivity index (χ1v) is 14.8. The van der Waals surface area contributed by atoms with Crippen molar-refractivity contribution in [2.24, 2.45) is 0 Å². The molecule has 6 rings (SSSR count). The molecule has 0 radical (unpaired) electrons. The molecule has 5 aromatic rings. The van der Waals surface area contributed by atoms with Gasteiger partial charge in [0.25, 0.3) is 0 Å². The number of nitrogens with one attached hydrogen (secondary N) is 2. The average Bonchev–Trinajstić information content (AvgIpc) is 3.72. The second-order valence-corrected chi connectivity index (χ2v) is 10.9. The standard InChI is InChI=1S/C35H37N5O2/c1-42-29-19-16-26(17-20-29)24-40-33(21-18-25-9-3-2-4-10-25)38-39-34(40)32(37-35(41)31-15-8-22-36-31)23-28-13-7-12-27-11-5-6-14-30(27)28/h2-7,9-14,16-17,19-20,31-32,36H,8,15,18,21-24H2,1H3,(H,37,41). The molecule has 42 heavy (non-hydrogen) atoms. The van der Waals surface area contributed by atoms with Crippen LogP contribution in [-0.4, -0.2) is 40.4 Å². The predicted octanol–water partition coefficient (Wildman–Crippen LogP) is 5.43. The second kappa shape index (κ2) is 13.0. The summed E-state index contributed by atoms with van der Waals surface area (Å²) >= 11 is 0. The lowest BCUT2D eigenvalue weighted by Crippen LogP contribution is -2.43. The molecule has 2 unspecified atom stereocenters. The number of aromatic nitrogens is 3. The Kier molecular flexibility index (Phi) is 8.56. The molecule has 214 valence electrons. The number of amides is 1. The lowest BCUT2D eigenvalue weighted by atomic mass is 9.98. The van der Waals surface area contributed by atoms with Gasteiger partial charge >= 0.3 is 0 Å². The summed E-state index contributed by atoms with van der Waals surface area (Å²) < 4.78 is 7.58. The molecule has 0 bridgehead atoms. The summed E-state index contributed by atoms with van der Waals surface area (Å²) in [5.41, 5.74) is 3.54. The molecular formula is C35H37N5O2. The summed E-state index contributed by atoms with van der Waals surface area (Å²) in [5, 5.41) is 18.6. The van der Waals surface area contributed by atoms with E-state index in [-0.39, 0.29) is 18.0 Å². The number of carbonyl (C=O) groups excluding carboxylic acids is 1. The topological polar surface area (TPSA) is 81.1 Å². The van der Waals surface area contributed by atoms with Crippen LogP contribution in [0, 0.1) is 0 Å². The van der Waals surface area contributed by atoms with Crippen LogP contribution in [-0.2, 0) is 30.6 Å². The monoisotopic (exact) mass is 559 g/mol. The molecule has 0 saturated carbocycles. The number of methoxy groups -OCH3 is 1. The van der Waals surface area contributed by atoms with Crippen LogP contribution in [0.1, 0.15) is 47.2 Å². The van der Waals surface area contributed by atoms with Crippen LogP contribution in [0.4, 0.5) is 0 Å². The minimum absolute atomic E-state index is 0.0163. The first kappa shape index (κ1) is 27.7. The first-order valence-electron chi connectivity index (χ1n) is 14.8. The van der Waals surface area contributed by atoms with Crippen molar-refractivity contribution in [1.82, 2.24) is 25.4 Å². The van der Waals surface area contributed by atoms with Crippen LogP contribution in [0.5, 0.6) is 5.75 Å². The fourth-order valence-corrected chi connectivity index (χ4v) is 5.86. The van der Waals surface area contributed by atoms with Gasteiger partial charge in [-0.25, -0.2) is 0 Å². The molecule has 1 aliphatic rings. The Morgan fingerprint density at radius 1 is 0.929 bits per heavy atom. The fourth-order valence-electron chi connectivity index (χ4n) is 5.86. The van der Waals surface area contributed by atoms with Gasteiger partial charge in [0, 0.05) is 12.8 Å². The SMILES string of the molecule is COc1ccc(Cn2c(CCc3ccccc3)nnc2C(Cc2cccc3ccccc23)NC(=O)C2CCCN2)cc1. The maximum Gasteiger partial charge on any atom is 0.237 e. The second-order valence-electron chi connectivity index (χ2n) is 10.9. The fraction of sp³-hybridized carbons (Fsp3) is 0.286. The number of hydrogen-bond donors (Lipinski definition) is 2. The van der Waals surface area contributed by atoms with E-state index in [1.165, 1.54) is 21.9 Å². The minimum atomic E-state index is -0.345. The highest BCUT2D eigenvalue weighted by molar-refractivity contribution is 5.86. The zero-order valence-corrected chi connectivity index (χ0v) is 24.0. The van der Waals surface area contributed by atoms with Crippen molar-refractivity contribution in [3.8, 4) is 5.75 Å². The van der Waals surface area contributed by atoms with Crippen LogP contribution >= 0.6 is 0 Å². The zero-order chi connectivity index (χ0) is 28.7. The Bertz CT molecular complexity index is 1620. The van der Waals surface area contributed by atoms with Gasteiger partial charge in [-0.05, 0) is 65.4 Å². The third kappa shape index (κ3) is 6.37. The van der Waals surface area contributed by atoms with Crippen molar-refractivity contribution < 1.29 is 9.53 Å². The van der Waals surface area contributed by atoms with Crippen LogP contribution in [0.2, 0.25) is 0 Å². The lowest BCUT2D eigenvalue weighted by molar-refractivity contribution is -0.123. The predicted molar refractivity (Wildman–Crippen MR) is 166 cm³/mol. The molecule has 1 aliphatic heterocycles. The normalized spacial score (nSPS) is 15.5. The summed E-state index contributed by atoms with van der Waals surface area (Å²) in [6, 6.07) is 32.8. The van der Waals surface area contributed by atoms with Crippen LogP contribution in [0.15, 0.2) is 97.1 Å². The van der Waals surface area contributed by atoms with Gasteiger partial charge in [0.15, 0.2) is 5.82 Å².